The first-order valence-electron chi connectivity index (χ1n) is 8.64. The summed E-state index contributed by atoms with van der Waals surface area (Å²) in [5.74, 6) is -0.523. The minimum Gasteiger partial charge on any atom is -0.365 e. The highest BCUT2D eigenvalue weighted by Gasteiger charge is 2.34. The van der Waals surface area contributed by atoms with Crippen LogP contribution in [0.5, 0.6) is 0 Å². The van der Waals surface area contributed by atoms with Gasteiger partial charge in [-0.3, -0.25) is 9.59 Å². The molecule has 8 heteroatoms. The van der Waals surface area contributed by atoms with Crippen molar-refractivity contribution < 1.29 is 9.59 Å². The molecule has 7 nitrogen and oxygen atoms in total. The van der Waals surface area contributed by atoms with E-state index in [4.69, 9.17) is 5.73 Å². The van der Waals surface area contributed by atoms with Crippen molar-refractivity contribution in [2.75, 3.05) is 0 Å². The summed E-state index contributed by atoms with van der Waals surface area (Å²) < 4.78 is 1.47. The van der Waals surface area contributed by atoms with E-state index in [0.29, 0.717) is 22.6 Å². The van der Waals surface area contributed by atoms with Crippen molar-refractivity contribution in [2.45, 2.75) is 37.6 Å². The first-order chi connectivity index (χ1) is 12.6. The number of nitrogens with zero attached hydrogens (tertiary/aromatic N) is 3. The molecule has 3 heterocycles. The van der Waals surface area contributed by atoms with Gasteiger partial charge in [-0.1, -0.05) is 0 Å². The monoisotopic (exact) mass is 367 g/mol. The standard InChI is InChI=1S/C18H17N5O2S/c19-16(24)14-15(9-1-2-9)22-23-13(3-4-20-17(14)23)18(25)21-12-5-10-7-26-8-11(10)6-12/h3-4,7-9,12H,1-2,5-6H2,(H2,19,24)(H,21,25). The Morgan fingerprint density at radius 3 is 2.62 bits per heavy atom. The Morgan fingerprint density at radius 1 is 1.23 bits per heavy atom. The number of carbonyl (C=O) groups is 2. The Hall–Kier alpha value is -2.74. The summed E-state index contributed by atoms with van der Waals surface area (Å²) in [5, 5.41) is 11.9. The van der Waals surface area contributed by atoms with Gasteiger partial charge in [-0.15, -0.1) is 0 Å². The zero-order valence-electron chi connectivity index (χ0n) is 13.9. The molecule has 26 heavy (non-hydrogen) atoms. The van der Waals surface area contributed by atoms with Crippen molar-refractivity contribution in [2.24, 2.45) is 5.73 Å². The zero-order valence-corrected chi connectivity index (χ0v) is 14.8. The molecule has 0 radical (unpaired) electrons. The first-order valence-corrected chi connectivity index (χ1v) is 9.58. The van der Waals surface area contributed by atoms with E-state index in [1.807, 2.05) is 0 Å². The zero-order chi connectivity index (χ0) is 17.8. The fourth-order valence-corrected chi connectivity index (χ4v) is 4.58. The SMILES string of the molecule is NC(=O)c1c(C2CC2)nn2c(C(=O)NC3Cc4cscc4C3)ccnc12. The Labute approximate surface area is 153 Å². The van der Waals surface area contributed by atoms with Crippen LogP contribution in [-0.4, -0.2) is 32.5 Å². The Bertz CT molecular complexity index is 1030. The third-order valence-electron chi connectivity index (χ3n) is 5.09. The number of fused-ring (bicyclic) bond motifs is 2. The van der Waals surface area contributed by atoms with Gasteiger partial charge in [-0.05, 0) is 53.6 Å². The van der Waals surface area contributed by atoms with E-state index in [1.54, 1.807) is 17.4 Å². The van der Waals surface area contributed by atoms with Crippen molar-refractivity contribution >= 4 is 28.8 Å². The molecule has 132 valence electrons. The van der Waals surface area contributed by atoms with E-state index < -0.39 is 5.91 Å². The topological polar surface area (TPSA) is 102 Å². The van der Waals surface area contributed by atoms with Crippen LogP contribution in [0.3, 0.4) is 0 Å². The number of amides is 2. The van der Waals surface area contributed by atoms with Crippen molar-refractivity contribution in [1.82, 2.24) is 19.9 Å². The summed E-state index contributed by atoms with van der Waals surface area (Å²) >= 11 is 1.70. The number of rotatable bonds is 4. The highest BCUT2D eigenvalue weighted by molar-refractivity contribution is 7.08. The highest BCUT2D eigenvalue weighted by Crippen LogP contribution is 2.41. The van der Waals surface area contributed by atoms with Crippen LogP contribution in [0.2, 0.25) is 0 Å². The number of nitrogens with two attached hydrogens (primary N) is 1. The third kappa shape index (κ3) is 2.40. The molecule has 3 aromatic rings. The summed E-state index contributed by atoms with van der Waals surface area (Å²) in [6, 6.07) is 1.71. The van der Waals surface area contributed by atoms with Gasteiger partial charge in [-0.25, -0.2) is 9.50 Å². The molecule has 1 fully saturated rings. The van der Waals surface area contributed by atoms with Crippen molar-refractivity contribution in [3.8, 4) is 0 Å². The third-order valence-corrected chi connectivity index (χ3v) is 5.93. The van der Waals surface area contributed by atoms with E-state index in [2.05, 4.69) is 26.2 Å². The van der Waals surface area contributed by atoms with Crippen molar-refractivity contribution in [3.05, 3.63) is 51.1 Å². The van der Waals surface area contributed by atoms with E-state index in [9.17, 15) is 9.59 Å². The van der Waals surface area contributed by atoms with Gasteiger partial charge in [0, 0.05) is 18.2 Å². The molecule has 0 atom stereocenters. The molecule has 0 aliphatic heterocycles. The highest BCUT2D eigenvalue weighted by atomic mass is 32.1. The van der Waals surface area contributed by atoms with Crippen LogP contribution in [0.15, 0.2) is 23.0 Å². The Morgan fingerprint density at radius 2 is 1.96 bits per heavy atom. The van der Waals surface area contributed by atoms with Crippen LogP contribution >= 0.6 is 11.3 Å². The normalized spacial score (nSPS) is 16.8. The summed E-state index contributed by atoms with van der Waals surface area (Å²) in [5.41, 5.74) is 9.91. The van der Waals surface area contributed by atoms with Crippen LogP contribution in [-0.2, 0) is 12.8 Å². The van der Waals surface area contributed by atoms with Crippen LogP contribution in [0.1, 0.15) is 56.4 Å². The maximum absolute atomic E-state index is 12.9. The van der Waals surface area contributed by atoms with E-state index >= 15 is 0 Å². The molecule has 2 aliphatic carbocycles. The summed E-state index contributed by atoms with van der Waals surface area (Å²) in [6.07, 6.45) is 5.18. The van der Waals surface area contributed by atoms with Crippen LogP contribution in [0.4, 0.5) is 0 Å². The molecule has 0 aromatic carbocycles. The summed E-state index contributed by atoms with van der Waals surface area (Å²) in [7, 11) is 0. The largest absolute Gasteiger partial charge is 0.365 e. The predicted molar refractivity (Wildman–Crippen MR) is 96.5 cm³/mol. The minimum atomic E-state index is -0.549. The fourth-order valence-electron chi connectivity index (χ4n) is 3.69. The van der Waals surface area contributed by atoms with Crippen LogP contribution < -0.4 is 11.1 Å². The van der Waals surface area contributed by atoms with E-state index in [1.165, 1.54) is 21.8 Å². The molecule has 5 rings (SSSR count). The Kier molecular flexibility index (Phi) is 3.36. The van der Waals surface area contributed by atoms with Crippen LogP contribution in [0.25, 0.3) is 5.65 Å². The van der Waals surface area contributed by atoms with Crippen molar-refractivity contribution in [1.29, 1.82) is 0 Å². The molecular weight excluding hydrogens is 350 g/mol. The quantitative estimate of drug-likeness (QED) is 0.732. The average molecular weight is 367 g/mol. The average Bonchev–Trinajstić information content (AvgIpc) is 3.06. The van der Waals surface area contributed by atoms with Gasteiger partial charge in [0.05, 0.1) is 5.69 Å². The lowest BCUT2D eigenvalue weighted by atomic mass is 10.1. The smallest absolute Gasteiger partial charge is 0.270 e. The molecule has 0 saturated heterocycles. The van der Waals surface area contributed by atoms with Gasteiger partial charge < -0.3 is 11.1 Å². The maximum Gasteiger partial charge on any atom is 0.270 e. The number of aromatic nitrogens is 3. The molecule has 0 spiro atoms. The molecule has 2 amide bonds. The number of nitrogens with one attached hydrogen (secondary N) is 1. The van der Waals surface area contributed by atoms with E-state index in [0.717, 1.165) is 25.7 Å². The first kappa shape index (κ1) is 15.5. The van der Waals surface area contributed by atoms with Gasteiger partial charge in [0.25, 0.3) is 11.8 Å². The second-order valence-corrected chi connectivity index (χ2v) is 7.71. The lowest BCUT2D eigenvalue weighted by Crippen LogP contribution is -2.36. The van der Waals surface area contributed by atoms with Crippen LogP contribution in [0, 0.1) is 0 Å². The Balaban J connectivity index is 1.49. The minimum absolute atomic E-state index is 0.0817. The number of hydrogen-bond donors (Lipinski definition) is 2. The molecule has 0 unspecified atom stereocenters. The predicted octanol–water partition coefficient (Wildman–Crippen LogP) is 1.66. The molecular formula is C18H17N5O2S. The fraction of sp³-hybridized carbons (Fsp3) is 0.333. The number of carbonyl (C=O) groups excluding carboxylic acids is 2. The van der Waals surface area contributed by atoms with Gasteiger partial charge >= 0.3 is 0 Å². The molecule has 2 aliphatic rings. The lowest BCUT2D eigenvalue weighted by molar-refractivity contribution is 0.0929. The molecule has 3 aromatic heterocycles. The summed E-state index contributed by atoms with van der Waals surface area (Å²) in [6.45, 7) is 0. The van der Waals surface area contributed by atoms with Gasteiger partial charge in [-0.2, -0.15) is 16.4 Å². The number of thiophene rings is 1. The molecule has 0 bridgehead atoms. The van der Waals surface area contributed by atoms with E-state index in [-0.39, 0.29) is 17.9 Å². The van der Waals surface area contributed by atoms with Gasteiger partial charge in [0.2, 0.25) is 0 Å². The second-order valence-electron chi connectivity index (χ2n) is 6.97. The van der Waals surface area contributed by atoms with Gasteiger partial charge in [0.1, 0.15) is 11.3 Å². The lowest BCUT2D eigenvalue weighted by Gasteiger charge is -2.12. The number of hydrogen-bond acceptors (Lipinski definition) is 5. The van der Waals surface area contributed by atoms with Gasteiger partial charge in [0.15, 0.2) is 5.65 Å². The van der Waals surface area contributed by atoms with Crippen molar-refractivity contribution in [3.63, 3.8) is 0 Å². The molecule has 1 saturated carbocycles. The second kappa shape index (κ2) is 5.63. The maximum atomic E-state index is 12.9. The molecule has 3 N–H and O–H groups in total. The summed E-state index contributed by atoms with van der Waals surface area (Å²) in [4.78, 5) is 29.0. The number of primary amides is 1.